The zero-order valence-electron chi connectivity index (χ0n) is 22.6. The summed E-state index contributed by atoms with van der Waals surface area (Å²) in [6.45, 7) is 7.19. The third-order valence-corrected chi connectivity index (χ3v) is 9.17. The number of halogens is 1. The molecule has 2 aliphatic rings. The third kappa shape index (κ3) is 4.92. The maximum absolute atomic E-state index is 12.9. The van der Waals surface area contributed by atoms with Gasteiger partial charge in [0.05, 0.1) is 16.0 Å². The fourth-order valence-electron chi connectivity index (χ4n) is 5.77. The maximum atomic E-state index is 12.9. The molecule has 0 aromatic carbocycles. The minimum Gasteiger partial charge on any atom is -0.444 e. The van der Waals surface area contributed by atoms with Gasteiger partial charge < -0.3 is 20.7 Å². The standard InChI is InChI=1S/C28H31ClN8O2S/c1-27(2,3)39-26(38)35-22-18-15-31-8-4-17(18)14-28(22)6-11-36(12-7-28)25-34-16-20(24-33-10-13-37(24)25)40-19-5-9-32-23(30)21(19)29/h4-5,8-10,13,15-16,22H,6-7,11-12,14H2,1-3H3,(H2,30,32)(H,35,38)/t22-/m1/s1. The van der Waals surface area contributed by atoms with E-state index < -0.39 is 11.7 Å². The average Bonchev–Trinajstić information content (AvgIpc) is 3.51. The highest BCUT2D eigenvalue weighted by molar-refractivity contribution is 7.99. The van der Waals surface area contributed by atoms with E-state index in [-0.39, 0.29) is 11.5 Å². The van der Waals surface area contributed by atoms with Crippen LogP contribution in [0, 0.1) is 5.41 Å². The summed E-state index contributed by atoms with van der Waals surface area (Å²) >= 11 is 7.85. The van der Waals surface area contributed by atoms with Gasteiger partial charge in [0.15, 0.2) is 5.65 Å². The SMILES string of the molecule is CC(C)(C)OC(=O)N[C@@H]1c2cnccc2CC12CCN(c1ncc(Sc3ccnc(N)c3Cl)c3nccn13)CC2. The smallest absolute Gasteiger partial charge is 0.408 e. The maximum Gasteiger partial charge on any atom is 0.408 e. The van der Waals surface area contributed by atoms with Crippen LogP contribution < -0.4 is 16.0 Å². The Hall–Kier alpha value is -3.57. The molecule has 4 aromatic rings. The van der Waals surface area contributed by atoms with E-state index in [2.05, 4.69) is 31.2 Å². The van der Waals surface area contributed by atoms with Crippen molar-refractivity contribution in [2.24, 2.45) is 5.41 Å². The van der Waals surface area contributed by atoms with E-state index in [4.69, 9.17) is 27.1 Å². The summed E-state index contributed by atoms with van der Waals surface area (Å²) in [7, 11) is 0. The summed E-state index contributed by atoms with van der Waals surface area (Å²) in [5.41, 5.74) is 8.31. The molecular formula is C28H31ClN8O2S. The molecule has 12 heteroatoms. The molecule has 6 rings (SSSR count). The average molecular weight is 579 g/mol. The monoisotopic (exact) mass is 578 g/mol. The first-order valence-corrected chi connectivity index (χ1v) is 14.4. The van der Waals surface area contributed by atoms with Crippen molar-refractivity contribution in [3.8, 4) is 0 Å². The number of piperidine rings is 1. The first-order chi connectivity index (χ1) is 19.1. The number of hydrogen-bond acceptors (Lipinski definition) is 9. The van der Waals surface area contributed by atoms with Gasteiger partial charge in [-0.05, 0) is 63.3 Å². The van der Waals surface area contributed by atoms with Crippen molar-refractivity contribution in [3.63, 3.8) is 0 Å². The van der Waals surface area contributed by atoms with E-state index in [0.29, 0.717) is 10.8 Å². The molecule has 1 atom stereocenters. The van der Waals surface area contributed by atoms with E-state index >= 15 is 0 Å². The zero-order chi connectivity index (χ0) is 28.1. The van der Waals surface area contributed by atoms with E-state index in [0.717, 1.165) is 59.3 Å². The number of pyridine rings is 2. The fraction of sp³-hybridized carbons (Fsp3) is 0.393. The normalized spacial score (nSPS) is 18.2. The number of nitrogen functional groups attached to an aromatic ring is 1. The largest absolute Gasteiger partial charge is 0.444 e. The molecule has 10 nitrogen and oxygen atoms in total. The quantitative estimate of drug-likeness (QED) is 0.331. The van der Waals surface area contributed by atoms with Gasteiger partial charge >= 0.3 is 6.09 Å². The first-order valence-electron chi connectivity index (χ1n) is 13.2. The number of carbonyl (C=O) groups excluding carboxylic acids is 1. The summed E-state index contributed by atoms with van der Waals surface area (Å²) in [5, 5.41) is 3.62. The van der Waals surface area contributed by atoms with Gasteiger partial charge in [-0.1, -0.05) is 23.4 Å². The molecule has 1 aliphatic heterocycles. The first kappa shape index (κ1) is 26.6. The highest BCUT2D eigenvalue weighted by Crippen LogP contribution is 2.52. The molecule has 40 heavy (non-hydrogen) atoms. The number of imidazole rings is 1. The summed E-state index contributed by atoms with van der Waals surface area (Å²) in [5.74, 6) is 1.13. The van der Waals surface area contributed by atoms with Crippen LogP contribution in [-0.2, 0) is 11.2 Å². The van der Waals surface area contributed by atoms with Crippen LogP contribution in [0.1, 0.15) is 50.8 Å². The second kappa shape index (κ2) is 10.1. The van der Waals surface area contributed by atoms with Gasteiger partial charge in [0, 0.05) is 60.6 Å². The third-order valence-electron chi connectivity index (χ3n) is 7.59. The molecule has 0 unspecified atom stereocenters. The second-order valence-corrected chi connectivity index (χ2v) is 12.8. The van der Waals surface area contributed by atoms with Crippen LogP contribution in [0.3, 0.4) is 0 Å². The lowest BCUT2D eigenvalue weighted by molar-refractivity contribution is 0.0427. The van der Waals surface area contributed by atoms with Gasteiger partial charge in [-0.3, -0.25) is 9.38 Å². The summed E-state index contributed by atoms with van der Waals surface area (Å²) in [6, 6.07) is 3.74. The van der Waals surface area contributed by atoms with Gasteiger partial charge in [0.1, 0.15) is 11.4 Å². The molecule has 1 saturated heterocycles. The number of alkyl carbamates (subject to hydrolysis) is 1. The van der Waals surface area contributed by atoms with Crippen LogP contribution in [0.25, 0.3) is 5.65 Å². The number of hydrogen-bond donors (Lipinski definition) is 2. The topological polar surface area (TPSA) is 124 Å². The van der Waals surface area contributed by atoms with Crippen LogP contribution in [0.15, 0.2) is 59.1 Å². The number of ether oxygens (including phenoxy) is 1. The second-order valence-electron chi connectivity index (χ2n) is 11.3. The minimum atomic E-state index is -0.571. The summed E-state index contributed by atoms with van der Waals surface area (Å²) < 4.78 is 7.64. The van der Waals surface area contributed by atoms with E-state index in [1.54, 1.807) is 12.4 Å². The Bertz CT molecular complexity index is 1580. The Morgan fingerprint density at radius 2 is 1.93 bits per heavy atom. The number of nitrogens with one attached hydrogen (secondary N) is 1. The van der Waals surface area contributed by atoms with E-state index in [1.165, 1.54) is 17.3 Å². The van der Waals surface area contributed by atoms with Crippen LogP contribution >= 0.6 is 23.4 Å². The van der Waals surface area contributed by atoms with Crippen molar-refractivity contribution in [1.29, 1.82) is 0 Å². The molecule has 208 valence electrons. The molecule has 1 aliphatic carbocycles. The highest BCUT2D eigenvalue weighted by atomic mass is 35.5. The Labute approximate surface area is 241 Å². The lowest BCUT2D eigenvalue weighted by atomic mass is 9.73. The van der Waals surface area contributed by atoms with Gasteiger partial charge in [0.2, 0.25) is 5.95 Å². The predicted octanol–water partition coefficient (Wildman–Crippen LogP) is 5.31. The van der Waals surface area contributed by atoms with Gasteiger partial charge in [-0.25, -0.2) is 19.7 Å². The molecule has 1 fully saturated rings. The van der Waals surface area contributed by atoms with Crippen molar-refractivity contribution in [1.82, 2.24) is 29.7 Å². The Morgan fingerprint density at radius 3 is 2.70 bits per heavy atom. The number of rotatable bonds is 4. The van der Waals surface area contributed by atoms with Crippen molar-refractivity contribution < 1.29 is 9.53 Å². The number of amides is 1. The number of carbonyl (C=O) groups is 1. The van der Waals surface area contributed by atoms with Gasteiger partial charge in [-0.2, -0.15) is 0 Å². The van der Waals surface area contributed by atoms with E-state index in [9.17, 15) is 4.79 Å². The number of nitrogens with zero attached hydrogens (tertiary/aromatic N) is 6. The van der Waals surface area contributed by atoms with Crippen LogP contribution in [0.5, 0.6) is 0 Å². The van der Waals surface area contributed by atoms with Crippen molar-refractivity contribution in [2.45, 2.75) is 61.5 Å². The van der Waals surface area contributed by atoms with Gasteiger partial charge in [-0.15, -0.1) is 0 Å². The fourth-order valence-corrected chi connectivity index (χ4v) is 6.90. The lowest BCUT2D eigenvalue weighted by Crippen LogP contribution is -2.48. The molecule has 5 heterocycles. The molecular weight excluding hydrogens is 548 g/mol. The number of aromatic nitrogens is 5. The molecule has 0 radical (unpaired) electrons. The minimum absolute atomic E-state index is 0.124. The zero-order valence-corrected chi connectivity index (χ0v) is 24.2. The number of nitrogens with two attached hydrogens (primary N) is 1. The highest BCUT2D eigenvalue weighted by Gasteiger charge is 2.49. The summed E-state index contributed by atoms with van der Waals surface area (Å²) in [6.07, 6.45) is 13.1. The summed E-state index contributed by atoms with van der Waals surface area (Å²) in [4.78, 5) is 34.7. The Morgan fingerprint density at radius 1 is 1.12 bits per heavy atom. The van der Waals surface area contributed by atoms with Crippen molar-refractivity contribution in [2.75, 3.05) is 23.7 Å². The molecule has 1 spiro atoms. The molecule has 0 bridgehead atoms. The molecule has 1 amide bonds. The van der Waals surface area contributed by atoms with Crippen LogP contribution in [0.4, 0.5) is 16.6 Å². The Balaban J connectivity index is 1.24. The van der Waals surface area contributed by atoms with Gasteiger partial charge in [0.25, 0.3) is 0 Å². The predicted molar refractivity (Wildman–Crippen MR) is 155 cm³/mol. The van der Waals surface area contributed by atoms with Crippen molar-refractivity contribution in [3.05, 3.63) is 65.5 Å². The van der Waals surface area contributed by atoms with E-state index in [1.807, 2.05) is 56.0 Å². The Kier molecular flexibility index (Phi) is 6.74. The molecule has 0 saturated carbocycles. The van der Waals surface area contributed by atoms with Crippen LogP contribution in [-0.4, -0.2) is 49.1 Å². The molecule has 4 aromatic heterocycles. The van der Waals surface area contributed by atoms with Crippen molar-refractivity contribution >= 4 is 46.9 Å². The lowest BCUT2D eigenvalue weighted by Gasteiger charge is -2.43. The molecule has 3 N–H and O–H groups in total. The number of anilines is 2. The van der Waals surface area contributed by atoms with Crippen LogP contribution in [0.2, 0.25) is 5.02 Å². The number of fused-ring (bicyclic) bond motifs is 2.